The van der Waals surface area contributed by atoms with Crippen LogP contribution >= 0.6 is 0 Å². The Balaban J connectivity index is 1.65. The third kappa shape index (κ3) is 3.78. The van der Waals surface area contributed by atoms with Gasteiger partial charge in [-0.1, -0.05) is 12.1 Å². The van der Waals surface area contributed by atoms with Gasteiger partial charge >= 0.3 is 0 Å². The third-order valence-corrected chi connectivity index (χ3v) is 5.98. The normalized spacial score (nSPS) is 27.2. The van der Waals surface area contributed by atoms with Crippen LogP contribution in [0.3, 0.4) is 0 Å². The molecule has 8 heteroatoms. The maximum Gasteiger partial charge on any atom is 0.234 e. The van der Waals surface area contributed by atoms with E-state index in [9.17, 15) is 14.4 Å². The Labute approximate surface area is 175 Å². The second-order valence-electron chi connectivity index (χ2n) is 7.80. The summed E-state index contributed by atoms with van der Waals surface area (Å²) in [5, 5.41) is 9.71. The first-order valence-electron chi connectivity index (χ1n) is 10.1. The summed E-state index contributed by atoms with van der Waals surface area (Å²) in [4.78, 5) is 17.6. The molecule has 1 saturated heterocycles. The zero-order valence-corrected chi connectivity index (χ0v) is 16.9. The molecule has 3 aliphatic rings. The lowest BCUT2D eigenvalue weighted by atomic mass is 9.75. The third-order valence-electron chi connectivity index (χ3n) is 5.98. The molecule has 0 aliphatic carbocycles. The van der Waals surface area contributed by atoms with E-state index in [4.69, 9.17) is 15.2 Å². The Bertz CT molecular complexity index is 933. The number of allylic oxidation sites excluding steroid dienone is 1. The number of hydrogen-bond acceptors (Lipinski definition) is 6. The van der Waals surface area contributed by atoms with Crippen molar-refractivity contribution in [1.82, 2.24) is 9.80 Å². The van der Waals surface area contributed by atoms with Gasteiger partial charge in [-0.05, 0) is 30.7 Å². The summed E-state index contributed by atoms with van der Waals surface area (Å²) >= 11 is 0. The summed E-state index contributed by atoms with van der Waals surface area (Å²) in [6.45, 7) is 6.30. The molecule has 3 atom stereocenters. The standard InChI is InChI=1S/C22H25FN4O3/c1-14-11-18-20(22(28)27(14)6-5-26-7-9-29-10-8-26)19(17(13-24)21(25)30-18)15-3-2-4-16(23)12-15/h2-4,11-12,14,19-20H,5-10,25H2,1H3. The van der Waals surface area contributed by atoms with Crippen LogP contribution in [0.15, 0.2) is 47.6 Å². The van der Waals surface area contributed by atoms with E-state index in [1.54, 1.807) is 17.0 Å². The van der Waals surface area contributed by atoms with Gasteiger partial charge in [0.15, 0.2) is 0 Å². The number of fused-ring (bicyclic) bond motifs is 1. The first kappa shape index (κ1) is 20.4. The molecule has 30 heavy (non-hydrogen) atoms. The van der Waals surface area contributed by atoms with Crippen LogP contribution in [0.1, 0.15) is 18.4 Å². The number of carbonyl (C=O) groups is 1. The molecular weight excluding hydrogens is 387 g/mol. The van der Waals surface area contributed by atoms with E-state index < -0.39 is 17.7 Å². The van der Waals surface area contributed by atoms with Crippen molar-refractivity contribution in [2.75, 3.05) is 39.4 Å². The molecule has 1 aromatic rings. The Hall–Kier alpha value is -2.89. The van der Waals surface area contributed by atoms with Crippen LogP contribution in [0.5, 0.6) is 0 Å². The zero-order chi connectivity index (χ0) is 21.3. The van der Waals surface area contributed by atoms with E-state index >= 15 is 0 Å². The maximum absolute atomic E-state index is 13.9. The smallest absolute Gasteiger partial charge is 0.234 e. The number of benzene rings is 1. The van der Waals surface area contributed by atoms with Gasteiger partial charge in [0, 0.05) is 32.1 Å². The summed E-state index contributed by atoms with van der Waals surface area (Å²) in [6, 6.07) is 7.86. The number of carbonyl (C=O) groups excluding carboxylic acids is 1. The van der Waals surface area contributed by atoms with Crippen LogP contribution in [0.25, 0.3) is 0 Å². The molecule has 0 bridgehead atoms. The number of amides is 1. The van der Waals surface area contributed by atoms with Gasteiger partial charge in [-0.2, -0.15) is 5.26 Å². The first-order valence-corrected chi connectivity index (χ1v) is 10.1. The molecule has 1 fully saturated rings. The SMILES string of the molecule is CC1C=C2OC(N)=C(C#N)C(c3cccc(F)c3)C2C(=O)N1CCN1CCOCC1. The molecule has 0 spiro atoms. The zero-order valence-electron chi connectivity index (χ0n) is 16.9. The molecule has 3 unspecified atom stereocenters. The monoisotopic (exact) mass is 412 g/mol. The second-order valence-corrected chi connectivity index (χ2v) is 7.80. The minimum absolute atomic E-state index is 0.0315. The highest BCUT2D eigenvalue weighted by molar-refractivity contribution is 5.85. The van der Waals surface area contributed by atoms with Crippen LogP contribution in [0.2, 0.25) is 0 Å². The molecule has 3 aliphatic heterocycles. The molecule has 0 aromatic heterocycles. The van der Waals surface area contributed by atoms with Gasteiger partial charge < -0.3 is 20.1 Å². The Morgan fingerprint density at radius 2 is 2.03 bits per heavy atom. The Morgan fingerprint density at radius 1 is 1.27 bits per heavy atom. The fraction of sp³-hybridized carbons (Fsp3) is 0.455. The average Bonchev–Trinajstić information content (AvgIpc) is 2.73. The number of nitrogens with zero attached hydrogens (tertiary/aromatic N) is 3. The van der Waals surface area contributed by atoms with Crippen molar-refractivity contribution in [2.24, 2.45) is 11.7 Å². The van der Waals surface area contributed by atoms with Gasteiger partial charge in [0.1, 0.15) is 23.6 Å². The molecule has 158 valence electrons. The molecule has 0 radical (unpaired) electrons. The topological polar surface area (TPSA) is 91.8 Å². The fourth-order valence-electron chi connectivity index (χ4n) is 4.41. The molecule has 7 nitrogen and oxygen atoms in total. The number of rotatable bonds is 4. The van der Waals surface area contributed by atoms with Crippen molar-refractivity contribution in [2.45, 2.75) is 18.9 Å². The van der Waals surface area contributed by atoms with Crippen molar-refractivity contribution < 1.29 is 18.7 Å². The molecule has 0 saturated carbocycles. The molecule has 3 heterocycles. The van der Waals surface area contributed by atoms with E-state index in [2.05, 4.69) is 11.0 Å². The molecule has 2 N–H and O–H groups in total. The largest absolute Gasteiger partial charge is 0.444 e. The lowest BCUT2D eigenvalue weighted by molar-refractivity contribution is -0.139. The predicted octanol–water partition coefficient (Wildman–Crippen LogP) is 1.70. The molecule has 1 aromatic carbocycles. The highest BCUT2D eigenvalue weighted by Gasteiger charge is 2.47. The number of hydrogen-bond donors (Lipinski definition) is 1. The molecular formula is C22H25FN4O3. The van der Waals surface area contributed by atoms with Crippen molar-refractivity contribution >= 4 is 5.91 Å². The van der Waals surface area contributed by atoms with Gasteiger partial charge in [-0.3, -0.25) is 9.69 Å². The van der Waals surface area contributed by atoms with Gasteiger partial charge in [-0.25, -0.2) is 4.39 Å². The summed E-state index contributed by atoms with van der Waals surface area (Å²) in [5.74, 6) is -1.59. The van der Waals surface area contributed by atoms with Crippen LogP contribution in [-0.2, 0) is 14.3 Å². The summed E-state index contributed by atoms with van der Waals surface area (Å²) in [7, 11) is 0. The van der Waals surface area contributed by atoms with Crippen LogP contribution < -0.4 is 5.73 Å². The van der Waals surface area contributed by atoms with Gasteiger partial charge in [0.2, 0.25) is 11.8 Å². The quantitative estimate of drug-likeness (QED) is 0.809. The van der Waals surface area contributed by atoms with E-state index in [1.807, 2.05) is 13.0 Å². The van der Waals surface area contributed by atoms with E-state index in [0.29, 0.717) is 31.1 Å². The number of morpholine rings is 1. The first-order chi connectivity index (χ1) is 14.5. The minimum Gasteiger partial charge on any atom is -0.444 e. The summed E-state index contributed by atoms with van der Waals surface area (Å²) in [5.41, 5.74) is 6.68. The lowest BCUT2D eigenvalue weighted by Gasteiger charge is -2.42. The Kier molecular flexibility index (Phi) is 5.75. The van der Waals surface area contributed by atoms with Crippen LogP contribution in [-0.4, -0.2) is 61.1 Å². The van der Waals surface area contributed by atoms with Crippen LogP contribution in [0, 0.1) is 23.1 Å². The minimum atomic E-state index is -0.741. The summed E-state index contributed by atoms with van der Waals surface area (Å²) < 4.78 is 25.0. The number of ether oxygens (including phenoxy) is 2. The second kappa shape index (κ2) is 8.46. The van der Waals surface area contributed by atoms with E-state index in [0.717, 1.165) is 19.6 Å². The predicted molar refractivity (Wildman–Crippen MR) is 107 cm³/mol. The lowest BCUT2D eigenvalue weighted by Crippen LogP contribution is -2.52. The maximum atomic E-state index is 13.9. The van der Waals surface area contributed by atoms with Gasteiger partial charge in [0.05, 0.1) is 24.8 Å². The van der Waals surface area contributed by atoms with Crippen molar-refractivity contribution in [3.05, 3.63) is 58.9 Å². The summed E-state index contributed by atoms with van der Waals surface area (Å²) in [6.07, 6.45) is 1.87. The van der Waals surface area contributed by atoms with Crippen molar-refractivity contribution in [1.29, 1.82) is 5.26 Å². The van der Waals surface area contributed by atoms with Gasteiger partial charge in [-0.15, -0.1) is 0 Å². The molecule has 4 rings (SSSR count). The number of halogens is 1. The highest BCUT2D eigenvalue weighted by atomic mass is 19.1. The van der Waals surface area contributed by atoms with E-state index in [-0.39, 0.29) is 23.4 Å². The van der Waals surface area contributed by atoms with Crippen LogP contribution in [0.4, 0.5) is 4.39 Å². The van der Waals surface area contributed by atoms with Crippen molar-refractivity contribution in [3.8, 4) is 6.07 Å². The highest BCUT2D eigenvalue weighted by Crippen LogP contribution is 2.45. The molecule has 1 amide bonds. The van der Waals surface area contributed by atoms with Gasteiger partial charge in [0.25, 0.3) is 0 Å². The fourth-order valence-corrected chi connectivity index (χ4v) is 4.41. The number of nitriles is 1. The average molecular weight is 412 g/mol. The number of nitrogens with two attached hydrogens (primary N) is 1. The van der Waals surface area contributed by atoms with Crippen molar-refractivity contribution in [3.63, 3.8) is 0 Å². The Morgan fingerprint density at radius 3 is 2.73 bits per heavy atom. The van der Waals surface area contributed by atoms with E-state index in [1.165, 1.54) is 12.1 Å².